The molecular formula is C16H22N2O6S. The number of aliphatic carboxylic acids is 1. The maximum Gasteiger partial charge on any atom is 0.329 e. The van der Waals surface area contributed by atoms with Crippen molar-refractivity contribution in [3.05, 3.63) is 23.8 Å². The number of hydrogen-bond acceptors (Lipinski definition) is 5. The second-order valence-corrected chi connectivity index (χ2v) is 7.89. The third kappa shape index (κ3) is 4.29. The number of sulfonamides is 1. The quantitative estimate of drug-likeness (QED) is 0.630. The number of carbonyl (C=O) groups excluding carboxylic acids is 1. The van der Waals surface area contributed by atoms with Crippen LogP contribution in [0, 0.1) is 0 Å². The molecule has 1 aliphatic rings. The van der Waals surface area contributed by atoms with E-state index in [2.05, 4.69) is 10.0 Å². The highest BCUT2D eigenvalue weighted by Gasteiger charge is 2.34. The Balaban J connectivity index is 2.35. The summed E-state index contributed by atoms with van der Waals surface area (Å²) >= 11 is 0. The van der Waals surface area contributed by atoms with E-state index in [1.807, 2.05) is 0 Å². The Bertz CT molecular complexity index is 788. The molecule has 1 aliphatic carbocycles. The summed E-state index contributed by atoms with van der Waals surface area (Å²) in [5.74, 6) is -1.72. The van der Waals surface area contributed by atoms with E-state index in [0.717, 1.165) is 12.8 Å². The zero-order valence-electron chi connectivity index (χ0n) is 14.3. The number of carboxylic acid groups (broad SMARTS) is 1. The number of ether oxygens (including phenoxy) is 1. The SMILES string of the molecule is CCC(C)(NC(=O)c1ccc(OC)c(S(=O)(=O)NC2CC2)c1)C(=O)O. The van der Waals surface area contributed by atoms with Crippen LogP contribution in [0.25, 0.3) is 0 Å². The van der Waals surface area contributed by atoms with Crippen LogP contribution in [0.15, 0.2) is 23.1 Å². The predicted octanol–water partition coefficient (Wildman–Crippen LogP) is 1.12. The molecule has 0 bridgehead atoms. The molecule has 8 nitrogen and oxygen atoms in total. The van der Waals surface area contributed by atoms with Gasteiger partial charge in [-0.05, 0) is 44.4 Å². The molecule has 0 spiro atoms. The summed E-state index contributed by atoms with van der Waals surface area (Å²) in [6.07, 6.45) is 1.73. The number of rotatable bonds is 8. The van der Waals surface area contributed by atoms with E-state index in [0.29, 0.717) is 0 Å². The van der Waals surface area contributed by atoms with Gasteiger partial charge in [-0.1, -0.05) is 6.92 Å². The van der Waals surface area contributed by atoms with Gasteiger partial charge in [-0.2, -0.15) is 0 Å². The fourth-order valence-electron chi connectivity index (χ4n) is 2.13. The Kier molecular flexibility index (Phi) is 5.38. The third-order valence-corrected chi connectivity index (χ3v) is 5.72. The van der Waals surface area contributed by atoms with Crippen LogP contribution in [-0.4, -0.2) is 44.1 Å². The van der Waals surface area contributed by atoms with Gasteiger partial charge >= 0.3 is 5.97 Å². The minimum absolute atomic E-state index is 0.0397. The molecular weight excluding hydrogens is 348 g/mol. The van der Waals surface area contributed by atoms with Gasteiger partial charge in [0.25, 0.3) is 5.91 Å². The second-order valence-electron chi connectivity index (χ2n) is 6.21. The molecule has 9 heteroatoms. The topological polar surface area (TPSA) is 122 Å². The zero-order valence-corrected chi connectivity index (χ0v) is 15.1. The molecule has 0 radical (unpaired) electrons. The Labute approximate surface area is 146 Å². The van der Waals surface area contributed by atoms with E-state index in [4.69, 9.17) is 4.74 Å². The van der Waals surface area contributed by atoms with Crippen LogP contribution in [0.3, 0.4) is 0 Å². The smallest absolute Gasteiger partial charge is 0.329 e. The summed E-state index contributed by atoms with van der Waals surface area (Å²) in [5.41, 5.74) is -1.40. The number of amides is 1. The van der Waals surface area contributed by atoms with Crippen LogP contribution in [-0.2, 0) is 14.8 Å². The van der Waals surface area contributed by atoms with Gasteiger partial charge in [0.05, 0.1) is 7.11 Å². The summed E-state index contributed by atoms with van der Waals surface area (Å²) < 4.78 is 32.6. The van der Waals surface area contributed by atoms with Crippen molar-refractivity contribution in [2.75, 3.05) is 7.11 Å². The van der Waals surface area contributed by atoms with Gasteiger partial charge in [0.15, 0.2) is 0 Å². The van der Waals surface area contributed by atoms with Crippen LogP contribution in [0.4, 0.5) is 0 Å². The van der Waals surface area contributed by atoms with Crippen molar-refractivity contribution in [2.45, 2.75) is 49.6 Å². The lowest BCUT2D eigenvalue weighted by molar-refractivity contribution is -0.143. The standard InChI is InChI=1S/C16H22N2O6S/c1-4-16(2,15(20)21)17-14(19)10-5-8-12(24-3)13(9-10)25(22,23)18-11-6-7-11/h5,8-9,11,18H,4,6-7H2,1-3H3,(H,17,19)(H,20,21). The van der Waals surface area contributed by atoms with Crippen molar-refractivity contribution in [1.29, 1.82) is 0 Å². The first kappa shape index (κ1) is 19.2. The first-order valence-corrected chi connectivity index (χ1v) is 9.37. The third-order valence-electron chi connectivity index (χ3n) is 4.18. The largest absolute Gasteiger partial charge is 0.495 e. The minimum atomic E-state index is -3.83. The van der Waals surface area contributed by atoms with E-state index in [1.165, 1.54) is 32.2 Å². The predicted molar refractivity (Wildman–Crippen MR) is 90.1 cm³/mol. The van der Waals surface area contributed by atoms with Crippen molar-refractivity contribution < 1.29 is 27.9 Å². The lowest BCUT2D eigenvalue weighted by Gasteiger charge is -2.24. The average Bonchev–Trinajstić information content (AvgIpc) is 3.37. The number of hydrogen-bond donors (Lipinski definition) is 3. The molecule has 25 heavy (non-hydrogen) atoms. The first-order chi connectivity index (χ1) is 11.6. The summed E-state index contributed by atoms with van der Waals surface area (Å²) in [6.45, 7) is 3.03. The molecule has 1 unspecified atom stereocenters. The molecule has 0 heterocycles. The fourth-order valence-corrected chi connectivity index (χ4v) is 3.63. The molecule has 0 saturated heterocycles. The number of carboxylic acids is 1. The molecule has 0 aromatic heterocycles. The van der Waals surface area contributed by atoms with E-state index in [-0.39, 0.29) is 28.7 Å². The van der Waals surface area contributed by atoms with Crippen LogP contribution < -0.4 is 14.8 Å². The van der Waals surface area contributed by atoms with Crippen molar-refractivity contribution in [3.8, 4) is 5.75 Å². The Morgan fingerprint density at radius 3 is 2.48 bits per heavy atom. The van der Waals surface area contributed by atoms with Gasteiger partial charge in [-0.15, -0.1) is 0 Å². The van der Waals surface area contributed by atoms with E-state index < -0.39 is 27.4 Å². The molecule has 1 aromatic carbocycles. The monoisotopic (exact) mass is 370 g/mol. The van der Waals surface area contributed by atoms with E-state index >= 15 is 0 Å². The normalized spacial score (nSPS) is 16.8. The minimum Gasteiger partial charge on any atom is -0.495 e. The van der Waals surface area contributed by atoms with Gasteiger partial charge in [0, 0.05) is 11.6 Å². The summed E-state index contributed by atoms with van der Waals surface area (Å²) in [5, 5.41) is 11.7. The number of carbonyl (C=O) groups is 2. The van der Waals surface area contributed by atoms with Gasteiger partial charge in [0.2, 0.25) is 10.0 Å². The van der Waals surface area contributed by atoms with Gasteiger partial charge in [0.1, 0.15) is 16.2 Å². The highest BCUT2D eigenvalue weighted by molar-refractivity contribution is 7.89. The first-order valence-electron chi connectivity index (χ1n) is 7.89. The average molecular weight is 370 g/mol. The van der Waals surface area contributed by atoms with Crippen molar-refractivity contribution in [2.24, 2.45) is 0 Å². The molecule has 1 fully saturated rings. The van der Waals surface area contributed by atoms with E-state index in [9.17, 15) is 23.1 Å². The van der Waals surface area contributed by atoms with Crippen LogP contribution in [0.5, 0.6) is 5.75 Å². The fraction of sp³-hybridized carbons (Fsp3) is 0.500. The summed E-state index contributed by atoms with van der Waals surface area (Å²) in [4.78, 5) is 23.6. The highest BCUT2D eigenvalue weighted by Crippen LogP contribution is 2.28. The zero-order chi connectivity index (χ0) is 18.8. The van der Waals surface area contributed by atoms with Crippen molar-refractivity contribution >= 4 is 21.9 Å². The number of methoxy groups -OCH3 is 1. The van der Waals surface area contributed by atoms with Gasteiger partial charge in [-0.3, -0.25) is 4.79 Å². The number of benzene rings is 1. The Morgan fingerprint density at radius 2 is 2.00 bits per heavy atom. The molecule has 0 aliphatic heterocycles. The van der Waals surface area contributed by atoms with Crippen LogP contribution in [0.2, 0.25) is 0 Å². The lowest BCUT2D eigenvalue weighted by Crippen LogP contribution is -2.51. The molecule has 1 atom stereocenters. The van der Waals surface area contributed by atoms with Crippen LogP contribution >= 0.6 is 0 Å². The molecule has 138 valence electrons. The maximum atomic E-state index is 12.5. The molecule has 1 amide bonds. The van der Waals surface area contributed by atoms with Gasteiger partial charge < -0.3 is 15.2 Å². The number of nitrogens with one attached hydrogen (secondary N) is 2. The van der Waals surface area contributed by atoms with Crippen molar-refractivity contribution in [3.63, 3.8) is 0 Å². The highest BCUT2D eigenvalue weighted by atomic mass is 32.2. The summed E-state index contributed by atoms with van der Waals surface area (Å²) in [7, 11) is -2.50. The lowest BCUT2D eigenvalue weighted by atomic mass is 9.98. The summed E-state index contributed by atoms with van der Waals surface area (Å²) in [6, 6.07) is 3.86. The Morgan fingerprint density at radius 1 is 1.36 bits per heavy atom. The molecule has 2 rings (SSSR count). The molecule has 3 N–H and O–H groups in total. The second kappa shape index (κ2) is 7.01. The van der Waals surface area contributed by atoms with E-state index in [1.54, 1.807) is 6.92 Å². The Hall–Kier alpha value is -2.13. The van der Waals surface area contributed by atoms with Crippen molar-refractivity contribution in [1.82, 2.24) is 10.0 Å². The maximum absolute atomic E-state index is 12.5. The molecule has 1 saturated carbocycles. The van der Waals surface area contributed by atoms with Gasteiger partial charge in [-0.25, -0.2) is 17.9 Å². The molecule has 1 aromatic rings. The van der Waals surface area contributed by atoms with Crippen LogP contribution in [0.1, 0.15) is 43.5 Å².